The highest BCUT2D eigenvalue weighted by Gasteiger charge is 2.44. The molecule has 2 aromatic rings. The van der Waals surface area contributed by atoms with E-state index in [1.165, 1.54) is 11.3 Å². The highest BCUT2D eigenvalue weighted by Crippen LogP contribution is 2.39. The molecule has 1 amide bonds. The Bertz CT molecular complexity index is 856. The number of carbonyl (C=O) groups excluding carboxylic acids is 1. The average Bonchev–Trinajstić information content (AvgIpc) is 3.23. The summed E-state index contributed by atoms with van der Waals surface area (Å²) in [4.78, 5) is 19.7. The van der Waals surface area contributed by atoms with E-state index in [-0.39, 0.29) is 12.0 Å². The van der Waals surface area contributed by atoms with Crippen LogP contribution in [0.3, 0.4) is 0 Å². The number of thiophene rings is 1. The van der Waals surface area contributed by atoms with Crippen molar-refractivity contribution in [3.63, 3.8) is 0 Å². The fraction of sp³-hybridized carbons (Fsp3) is 0.500. The third kappa shape index (κ3) is 3.84. The van der Waals surface area contributed by atoms with E-state index < -0.39 is 6.10 Å². The lowest BCUT2D eigenvalue weighted by molar-refractivity contribution is -0.0236. The number of amides is 1. The van der Waals surface area contributed by atoms with E-state index in [9.17, 15) is 9.90 Å². The second-order valence-corrected chi connectivity index (χ2v) is 9.28. The number of likely N-dealkylation sites (tertiary alicyclic amines) is 1. The predicted molar refractivity (Wildman–Crippen MR) is 106 cm³/mol. The van der Waals surface area contributed by atoms with Gasteiger partial charge in [0.05, 0.1) is 21.0 Å². The summed E-state index contributed by atoms with van der Waals surface area (Å²) < 4.78 is 6.74. The lowest BCUT2D eigenvalue weighted by Crippen LogP contribution is -2.42. The second kappa shape index (κ2) is 7.41. The number of pyridine rings is 1. The Balaban J connectivity index is 1.43. The maximum atomic E-state index is 12.7. The fourth-order valence-corrected chi connectivity index (χ4v) is 5.24. The zero-order chi connectivity index (χ0) is 19.1. The van der Waals surface area contributed by atoms with Gasteiger partial charge in [0.25, 0.3) is 5.91 Å². The number of nitrogens with zero attached hydrogens (tertiary/aromatic N) is 2. The van der Waals surface area contributed by atoms with Crippen molar-refractivity contribution in [1.82, 2.24) is 9.88 Å². The number of aryl methyl sites for hydroxylation is 2. The number of aromatic nitrogens is 1. The molecule has 7 heteroatoms. The number of ether oxygens (including phenoxy) is 1. The minimum atomic E-state index is -0.529. The number of carbonyl (C=O) groups is 1. The molecule has 2 aliphatic rings. The summed E-state index contributed by atoms with van der Waals surface area (Å²) in [6, 6.07) is 7.38. The van der Waals surface area contributed by atoms with Crippen molar-refractivity contribution < 1.29 is 14.6 Å². The number of hydrogen-bond acceptors (Lipinski definition) is 5. The second-order valence-electron chi connectivity index (χ2n) is 7.57. The van der Waals surface area contributed by atoms with Gasteiger partial charge in [-0.3, -0.25) is 9.78 Å². The van der Waals surface area contributed by atoms with Crippen molar-refractivity contribution in [3.8, 4) is 5.75 Å². The zero-order valence-electron chi connectivity index (χ0n) is 15.4. The Morgan fingerprint density at radius 1 is 1.22 bits per heavy atom. The van der Waals surface area contributed by atoms with Crippen LogP contribution in [-0.2, 0) is 0 Å². The maximum absolute atomic E-state index is 12.7. The Morgan fingerprint density at radius 2 is 1.96 bits per heavy atom. The first kappa shape index (κ1) is 18.7. The van der Waals surface area contributed by atoms with Gasteiger partial charge in [0.2, 0.25) is 0 Å². The predicted octanol–water partition coefficient (Wildman–Crippen LogP) is 3.70. The molecule has 5 nitrogen and oxygen atoms in total. The van der Waals surface area contributed by atoms with Crippen LogP contribution in [0.25, 0.3) is 0 Å². The molecule has 1 saturated heterocycles. The number of aliphatic hydroxyl groups is 1. The van der Waals surface area contributed by atoms with E-state index in [0.29, 0.717) is 40.6 Å². The molecular formula is C20H23ClN2O3S. The molecule has 4 rings (SSSR count). The van der Waals surface area contributed by atoms with Gasteiger partial charge in [-0.25, -0.2) is 0 Å². The molecule has 144 valence electrons. The van der Waals surface area contributed by atoms with Crippen LogP contribution in [0, 0.1) is 25.7 Å². The van der Waals surface area contributed by atoms with Crippen molar-refractivity contribution in [2.24, 2.45) is 11.8 Å². The van der Waals surface area contributed by atoms with E-state index in [1.807, 2.05) is 30.9 Å². The maximum Gasteiger partial charge on any atom is 0.263 e. The molecule has 0 aromatic carbocycles. The molecule has 1 aliphatic carbocycles. The molecule has 3 heterocycles. The van der Waals surface area contributed by atoms with E-state index >= 15 is 0 Å². The summed E-state index contributed by atoms with van der Waals surface area (Å²) >= 11 is 7.28. The molecular weight excluding hydrogens is 384 g/mol. The topological polar surface area (TPSA) is 62.7 Å². The third-order valence-electron chi connectivity index (χ3n) is 5.61. The summed E-state index contributed by atoms with van der Waals surface area (Å²) in [5.41, 5.74) is 1.78. The standard InChI is InChI=1S/C20H23ClN2O3S/c1-11-3-4-16(12(2)22-11)26-17-8-14-10-23(9-13(14)7-15(17)24)20(25)18-5-6-19(21)27-18/h3-6,13-15,17,24H,7-10H2,1-2H3/t13-,14+,15+,17+/m0/s1. The Morgan fingerprint density at radius 3 is 2.63 bits per heavy atom. The van der Waals surface area contributed by atoms with E-state index in [0.717, 1.165) is 23.6 Å². The van der Waals surface area contributed by atoms with Gasteiger partial charge in [0.1, 0.15) is 11.9 Å². The van der Waals surface area contributed by atoms with Gasteiger partial charge in [0.15, 0.2) is 0 Å². The summed E-state index contributed by atoms with van der Waals surface area (Å²) in [5.74, 6) is 1.42. The third-order valence-corrected chi connectivity index (χ3v) is 6.83. The normalized spacial score (nSPS) is 27.5. The summed E-state index contributed by atoms with van der Waals surface area (Å²) in [7, 11) is 0. The smallest absolute Gasteiger partial charge is 0.263 e. The Hall–Kier alpha value is -1.63. The van der Waals surface area contributed by atoms with Crippen LogP contribution in [0.1, 0.15) is 33.9 Å². The Labute approximate surface area is 167 Å². The van der Waals surface area contributed by atoms with Crippen LogP contribution in [-0.4, -0.2) is 46.2 Å². The molecule has 2 fully saturated rings. The molecule has 1 aliphatic heterocycles. The van der Waals surface area contributed by atoms with Gasteiger partial charge in [-0.15, -0.1) is 11.3 Å². The Kier molecular flexibility index (Phi) is 5.14. The van der Waals surface area contributed by atoms with Crippen molar-refractivity contribution in [2.75, 3.05) is 13.1 Å². The molecule has 1 saturated carbocycles. The number of aliphatic hydroxyl groups excluding tert-OH is 1. The zero-order valence-corrected chi connectivity index (χ0v) is 17.0. The van der Waals surface area contributed by atoms with E-state index in [4.69, 9.17) is 16.3 Å². The van der Waals surface area contributed by atoms with Crippen LogP contribution in [0.15, 0.2) is 24.3 Å². The number of halogens is 1. The van der Waals surface area contributed by atoms with E-state index in [2.05, 4.69) is 4.98 Å². The summed E-state index contributed by atoms with van der Waals surface area (Å²) in [6.07, 6.45) is 0.607. The first-order chi connectivity index (χ1) is 12.9. The molecule has 0 spiro atoms. The van der Waals surface area contributed by atoms with Crippen molar-refractivity contribution >= 4 is 28.8 Å². The van der Waals surface area contributed by atoms with Crippen LogP contribution < -0.4 is 4.74 Å². The molecule has 1 N–H and O–H groups in total. The van der Waals surface area contributed by atoms with E-state index in [1.54, 1.807) is 12.1 Å². The van der Waals surface area contributed by atoms with Crippen molar-refractivity contribution in [1.29, 1.82) is 0 Å². The number of fused-ring (bicyclic) bond motifs is 1. The first-order valence-electron chi connectivity index (χ1n) is 9.24. The lowest BCUT2D eigenvalue weighted by atomic mass is 9.78. The molecule has 0 unspecified atom stereocenters. The van der Waals surface area contributed by atoms with Crippen LogP contribution in [0.2, 0.25) is 4.34 Å². The van der Waals surface area contributed by atoms with Gasteiger partial charge >= 0.3 is 0 Å². The number of hydrogen-bond donors (Lipinski definition) is 1. The summed E-state index contributed by atoms with van der Waals surface area (Å²) in [5, 5.41) is 10.6. The minimum absolute atomic E-state index is 0.0341. The van der Waals surface area contributed by atoms with Crippen LogP contribution in [0.5, 0.6) is 5.75 Å². The van der Waals surface area contributed by atoms with Gasteiger partial charge < -0.3 is 14.7 Å². The largest absolute Gasteiger partial charge is 0.486 e. The number of rotatable bonds is 3. The fourth-order valence-electron chi connectivity index (χ4n) is 4.23. The van der Waals surface area contributed by atoms with Crippen LogP contribution in [0.4, 0.5) is 0 Å². The van der Waals surface area contributed by atoms with Crippen LogP contribution >= 0.6 is 22.9 Å². The SMILES string of the molecule is Cc1ccc(O[C@@H]2C[C@@H]3CN(C(=O)c4ccc(Cl)s4)C[C@@H]3C[C@H]2O)c(C)n1. The van der Waals surface area contributed by atoms with Crippen molar-refractivity contribution in [3.05, 3.63) is 44.9 Å². The van der Waals surface area contributed by atoms with Gasteiger partial charge in [0, 0.05) is 18.8 Å². The molecule has 27 heavy (non-hydrogen) atoms. The molecule has 0 bridgehead atoms. The molecule has 0 radical (unpaired) electrons. The lowest BCUT2D eigenvalue weighted by Gasteiger charge is -2.35. The molecule has 4 atom stereocenters. The quantitative estimate of drug-likeness (QED) is 0.844. The van der Waals surface area contributed by atoms with Gasteiger partial charge in [-0.1, -0.05) is 11.6 Å². The monoisotopic (exact) mass is 406 g/mol. The highest BCUT2D eigenvalue weighted by atomic mass is 35.5. The van der Waals surface area contributed by atoms with Gasteiger partial charge in [-0.2, -0.15) is 0 Å². The highest BCUT2D eigenvalue weighted by molar-refractivity contribution is 7.17. The van der Waals surface area contributed by atoms with Crippen molar-refractivity contribution in [2.45, 2.75) is 38.9 Å². The van der Waals surface area contributed by atoms with Gasteiger partial charge in [-0.05, 0) is 62.8 Å². The average molecular weight is 407 g/mol. The summed E-state index contributed by atoms with van der Waals surface area (Å²) in [6.45, 7) is 5.26. The molecule has 2 aromatic heterocycles. The first-order valence-corrected chi connectivity index (χ1v) is 10.4. The minimum Gasteiger partial charge on any atom is -0.486 e.